The van der Waals surface area contributed by atoms with Crippen LogP contribution in [0.2, 0.25) is 0 Å². The van der Waals surface area contributed by atoms with Crippen molar-refractivity contribution in [1.82, 2.24) is 9.55 Å². The second kappa shape index (κ2) is 6.21. The zero-order valence-electron chi connectivity index (χ0n) is 15.7. The van der Waals surface area contributed by atoms with Crippen molar-refractivity contribution < 1.29 is 9.53 Å². The van der Waals surface area contributed by atoms with Crippen molar-refractivity contribution in [3.05, 3.63) is 48.0 Å². The molecule has 0 unspecified atom stereocenters. The number of carbonyl (C=O) groups excluding carboxylic acids is 1. The highest BCUT2D eigenvalue weighted by molar-refractivity contribution is 5.91. The monoisotopic (exact) mass is 341 g/mol. The number of aryl methyl sites for hydroxylation is 2. The molecule has 0 atom stereocenters. The minimum Gasteiger partial charge on any atom is -0.443 e. The van der Waals surface area contributed by atoms with Crippen LogP contribution in [-0.4, -0.2) is 27.8 Å². The van der Waals surface area contributed by atoms with Crippen molar-refractivity contribution in [3.63, 3.8) is 0 Å². The first-order valence-corrected chi connectivity index (χ1v) is 8.75. The van der Waals surface area contributed by atoms with Gasteiger partial charge in [0.1, 0.15) is 5.60 Å². The van der Waals surface area contributed by atoms with Crippen LogP contribution in [0.5, 0.6) is 0 Å². The summed E-state index contributed by atoms with van der Waals surface area (Å²) in [6, 6.07) is 6.39. The molecule has 0 aliphatic carbocycles. The van der Waals surface area contributed by atoms with Crippen molar-refractivity contribution >= 4 is 11.8 Å². The maximum Gasteiger partial charge on any atom is 0.414 e. The molecule has 1 aliphatic rings. The summed E-state index contributed by atoms with van der Waals surface area (Å²) in [6.45, 7) is 11.6. The van der Waals surface area contributed by atoms with Crippen LogP contribution >= 0.6 is 0 Å². The molecule has 25 heavy (non-hydrogen) atoms. The van der Waals surface area contributed by atoms with E-state index in [0.29, 0.717) is 6.54 Å². The second-order valence-electron chi connectivity index (χ2n) is 8.35. The molecule has 0 radical (unpaired) electrons. The molecule has 3 rings (SSSR count). The molecule has 0 spiro atoms. The van der Waals surface area contributed by atoms with Gasteiger partial charge in [-0.1, -0.05) is 26.0 Å². The van der Waals surface area contributed by atoms with E-state index in [0.717, 1.165) is 18.7 Å². The number of aromatic nitrogens is 2. The Morgan fingerprint density at radius 2 is 2.08 bits per heavy atom. The van der Waals surface area contributed by atoms with Gasteiger partial charge in [-0.25, -0.2) is 9.78 Å². The summed E-state index contributed by atoms with van der Waals surface area (Å²) in [5, 5.41) is 0. The van der Waals surface area contributed by atoms with Gasteiger partial charge >= 0.3 is 6.09 Å². The van der Waals surface area contributed by atoms with Crippen molar-refractivity contribution in [3.8, 4) is 0 Å². The summed E-state index contributed by atoms with van der Waals surface area (Å²) in [5.41, 5.74) is 2.87. The lowest BCUT2D eigenvalue weighted by Gasteiger charge is -2.25. The largest absolute Gasteiger partial charge is 0.443 e. The van der Waals surface area contributed by atoms with Gasteiger partial charge in [0.25, 0.3) is 0 Å². The zero-order valence-corrected chi connectivity index (χ0v) is 15.7. The fourth-order valence-corrected chi connectivity index (χ4v) is 3.24. The van der Waals surface area contributed by atoms with E-state index >= 15 is 0 Å². The van der Waals surface area contributed by atoms with Crippen LogP contribution < -0.4 is 4.90 Å². The van der Waals surface area contributed by atoms with Crippen molar-refractivity contribution in [2.75, 3.05) is 11.4 Å². The Bertz CT molecular complexity index is 758. The average Bonchev–Trinajstić information content (AvgIpc) is 3.10. The van der Waals surface area contributed by atoms with Gasteiger partial charge in [0, 0.05) is 30.9 Å². The summed E-state index contributed by atoms with van der Waals surface area (Å²) < 4.78 is 7.65. The summed E-state index contributed by atoms with van der Waals surface area (Å²) in [4.78, 5) is 18.4. The average molecular weight is 341 g/mol. The summed E-state index contributed by atoms with van der Waals surface area (Å²) >= 11 is 0. The number of imidazole rings is 1. The fourth-order valence-electron chi connectivity index (χ4n) is 3.24. The number of nitrogens with zero attached hydrogens (tertiary/aromatic N) is 3. The number of hydrogen-bond acceptors (Lipinski definition) is 3. The topological polar surface area (TPSA) is 47.4 Å². The molecule has 0 N–H and O–H groups in total. The molecule has 5 nitrogen and oxygen atoms in total. The summed E-state index contributed by atoms with van der Waals surface area (Å²) in [7, 11) is 0. The number of benzene rings is 1. The molecule has 1 amide bonds. The smallest absolute Gasteiger partial charge is 0.414 e. The molecule has 0 fully saturated rings. The third kappa shape index (κ3) is 3.86. The number of ether oxygens (including phenoxy) is 1. The molecule has 2 aromatic rings. The molecule has 0 saturated carbocycles. The normalized spacial score (nSPS) is 16.0. The molecular formula is C20H27N3O2. The molecule has 1 aromatic heterocycles. The first-order chi connectivity index (χ1) is 11.7. The molecule has 0 bridgehead atoms. The Kier molecular flexibility index (Phi) is 4.35. The Labute approximate surface area is 149 Å². The van der Waals surface area contributed by atoms with E-state index in [1.807, 2.05) is 33.3 Å². The lowest BCUT2D eigenvalue weighted by Crippen LogP contribution is -2.38. The second-order valence-corrected chi connectivity index (χ2v) is 8.35. The number of amides is 1. The predicted molar refractivity (Wildman–Crippen MR) is 99.0 cm³/mol. The summed E-state index contributed by atoms with van der Waals surface area (Å²) in [5.74, 6) is 0. The van der Waals surface area contributed by atoms with E-state index < -0.39 is 5.60 Å². The zero-order chi connectivity index (χ0) is 18.2. The number of carbonyl (C=O) groups is 1. The van der Waals surface area contributed by atoms with Crippen molar-refractivity contribution in [1.29, 1.82) is 0 Å². The quantitative estimate of drug-likeness (QED) is 0.842. The third-order valence-electron chi connectivity index (χ3n) is 4.47. The molecule has 1 aliphatic heterocycles. The first-order valence-electron chi connectivity index (χ1n) is 8.75. The van der Waals surface area contributed by atoms with E-state index in [2.05, 4.69) is 41.6 Å². The van der Waals surface area contributed by atoms with E-state index in [1.54, 1.807) is 11.1 Å². The van der Waals surface area contributed by atoms with Gasteiger partial charge in [0.05, 0.1) is 12.0 Å². The van der Waals surface area contributed by atoms with Crippen LogP contribution in [-0.2, 0) is 23.1 Å². The van der Waals surface area contributed by atoms with Crippen LogP contribution in [0.15, 0.2) is 36.9 Å². The lowest BCUT2D eigenvalue weighted by atomic mass is 9.86. The van der Waals surface area contributed by atoms with Crippen molar-refractivity contribution in [2.45, 2.75) is 58.6 Å². The van der Waals surface area contributed by atoms with Gasteiger partial charge in [-0.15, -0.1) is 0 Å². The molecule has 5 heteroatoms. The first kappa shape index (κ1) is 17.5. The van der Waals surface area contributed by atoms with Gasteiger partial charge < -0.3 is 9.30 Å². The maximum atomic E-state index is 12.6. The number of rotatable bonds is 3. The molecule has 2 heterocycles. The van der Waals surface area contributed by atoms with E-state index in [1.165, 1.54) is 11.1 Å². The predicted octanol–water partition coefficient (Wildman–Crippen LogP) is 4.16. The van der Waals surface area contributed by atoms with Crippen LogP contribution in [0, 0.1) is 0 Å². The Morgan fingerprint density at radius 3 is 2.72 bits per heavy atom. The number of fused-ring (bicyclic) bond motifs is 1. The standard InChI is InChI=1S/C20H27N3O2/c1-19(2,3)25-18(24)23-13-20(4,5)16-12-15(6-7-17(16)23)8-10-22-11-9-21-14-22/h6-7,9,11-12,14H,8,10,13H2,1-5H3. The highest BCUT2D eigenvalue weighted by atomic mass is 16.6. The fraction of sp³-hybridized carbons (Fsp3) is 0.500. The van der Waals surface area contributed by atoms with E-state index in [-0.39, 0.29) is 11.5 Å². The maximum absolute atomic E-state index is 12.6. The van der Waals surface area contributed by atoms with Crippen LogP contribution in [0.3, 0.4) is 0 Å². The summed E-state index contributed by atoms with van der Waals surface area (Å²) in [6.07, 6.45) is 6.27. The third-order valence-corrected chi connectivity index (χ3v) is 4.47. The Hall–Kier alpha value is -2.30. The van der Waals surface area contributed by atoms with E-state index in [9.17, 15) is 4.79 Å². The molecule has 1 aromatic carbocycles. The van der Waals surface area contributed by atoms with Crippen LogP contribution in [0.1, 0.15) is 45.7 Å². The number of hydrogen-bond donors (Lipinski definition) is 0. The SMILES string of the molecule is CC(C)(C)OC(=O)N1CC(C)(C)c2cc(CCn3ccnc3)ccc21. The van der Waals surface area contributed by atoms with Gasteiger partial charge in [-0.3, -0.25) is 4.90 Å². The van der Waals surface area contributed by atoms with Crippen LogP contribution in [0.25, 0.3) is 0 Å². The highest BCUT2D eigenvalue weighted by Crippen LogP contribution is 2.41. The lowest BCUT2D eigenvalue weighted by molar-refractivity contribution is 0.0579. The Balaban J connectivity index is 1.81. The molecule has 134 valence electrons. The van der Waals surface area contributed by atoms with Gasteiger partial charge in [-0.2, -0.15) is 0 Å². The van der Waals surface area contributed by atoms with Crippen molar-refractivity contribution in [2.24, 2.45) is 0 Å². The molecule has 0 saturated heterocycles. The minimum absolute atomic E-state index is 0.0861. The highest BCUT2D eigenvalue weighted by Gasteiger charge is 2.39. The van der Waals surface area contributed by atoms with Gasteiger partial charge in [0.2, 0.25) is 0 Å². The van der Waals surface area contributed by atoms with E-state index in [4.69, 9.17) is 4.74 Å². The van der Waals surface area contributed by atoms with Gasteiger partial charge in [-0.05, 0) is 44.4 Å². The number of anilines is 1. The minimum atomic E-state index is -0.491. The molecular weight excluding hydrogens is 314 g/mol. The van der Waals surface area contributed by atoms with Crippen LogP contribution in [0.4, 0.5) is 10.5 Å². The van der Waals surface area contributed by atoms with Gasteiger partial charge in [0.15, 0.2) is 0 Å². The Morgan fingerprint density at radius 1 is 1.32 bits per heavy atom.